The number of aromatic nitrogens is 2. The van der Waals surface area contributed by atoms with Crippen molar-refractivity contribution in [2.75, 3.05) is 26.2 Å². The van der Waals surface area contributed by atoms with Gasteiger partial charge in [0, 0.05) is 38.4 Å². The van der Waals surface area contributed by atoms with E-state index in [4.69, 9.17) is 0 Å². The third-order valence-electron chi connectivity index (χ3n) is 5.03. The van der Waals surface area contributed by atoms with Gasteiger partial charge in [0.2, 0.25) is 0 Å². The molecule has 1 saturated heterocycles. The molecule has 0 radical (unpaired) electrons. The van der Waals surface area contributed by atoms with Crippen LogP contribution in [0.4, 0.5) is 0 Å². The molecule has 0 spiro atoms. The van der Waals surface area contributed by atoms with Gasteiger partial charge in [-0.25, -0.2) is 0 Å². The Morgan fingerprint density at radius 1 is 1.22 bits per heavy atom. The molecular formula is C17H28N4O2. The van der Waals surface area contributed by atoms with Gasteiger partial charge >= 0.3 is 0 Å². The molecule has 3 rings (SSSR count). The fourth-order valence-corrected chi connectivity index (χ4v) is 3.59. The van der Waals surface area contributed by atoms with Crippen LogP contribution in [0.3, 0.4) is 0 Å². The number of carbonyl (C=O) groups is 1. The number of carbonyl (C=O) groups excluding carboxylic acids is 1. The fraction of sp³-hybridized carbons (Fsp3) is 0.765. The molecule has 2 aliphatic rings. The Morgan fingerprint density at radius 2 is 1.91 bits per heavy atom. The number of piperazine rings is 1. The summed E-state index contributed by atoms with van der Waals surface area (Å²) in [6.07, 6.45) is 6.42. The van der Waals surface area contributed by atoms with Crippen molar-refractivity contribution in [1.82, 2.24) is 19.6 Å². The molecular weight excluding hydrogens is 292 g/mol. The average Bonchev–Trinajstić information content (AvgIpc) is 3.15. The zero-order valence-corrected chi connectivity index (χ0v) is 14.4. The van der Waals surface area contributed by atoms with Crippen LogP contribution >= 0.6 is 0 Å². The van der Waals surface area contributed by atoms with E-state index in [0.29, 0.717) is 5.56 Å². The van der Waals surface area contributed by atoms with Crippen LogP contribution < -0.4 is 0 Å². The number of aliphatic hydroxyl groups excluding tert-OH is 1. The lowest BCUT2D eigenvalue weighted by Gasteiger charge is -2.39. The van der Waals surface area contributed by atoms with E-state index in [9.17, 15) is 9.90 Å². The van der Waals surface area contributed by atoms with Crippen LogP contribution in [0.25, 0.3) is 0 Å². The van der Waals surface area contributed by atoms with E-state index in [1.54, 1.807) is 6.20 Å². The van der Waals surface area contributed by atoms with Crippen LogP contribution in [0.2, 0.25) is 0 Å². The molecule has 2 atom stereocenters. The second kappa shape index (κ2) is 6.24. The van der Waals surface area contributed by atoms with E-state index in [0.717, 1.165) is 45.4 Å². The van der Waals surface area contributed by atoms with E-state index < -0.39 is 0 Å². The summed E-state index contributed by atoms with van der Waals surface area (Å²) in [5.41, 5.74) is 0.546. The molecule has 23 heavy (non-hydrogen) atoms. The Hall–Kier alpha value is -1.40. The van der Waals surface area contributed by atoms with Gasteiger partial charge in [-0.2, -0.15) is 5.10 Å². The van der Waals surface area contributed by atoms with E-state index in [1.807, 2.05) is 15.8 Å². The Balaban J connectivity index is 1.59. The predicted molar refractivity (Wildman–Crippen MR) is 88.3 cm³/mol. The minimum absolute atomic E-state index is 0.0621. The summed E-state index contributed by atoms with van der Waals surface area (Å²) < 4.78 is 1.84. The highest BCUT2D eigenvalue weighted by Crippen LogP contribution is 2.25. The molecule has 2 heterocycles. The van der Waals surface area contributed by atoms with E-state index in [1.165, 1.54) is 0 Å². The Bertz CT molecular complexity index is 555. The number of hydrogen-bond acceptors (Lipinski definition) is 4. The lowest BCUT2D eigenvalue weighted by Crippen LogP contribution is -2.53. The smallest absolute Gasteiger partial charge is 0.257 e. The second-order valence-corrected chi connectivity index (χ2v) is 7.74. The van der Waals surface area contributed by atoms with Crippen LogP contribution in [-0.2, 0) is 5.54 Å². The second-order valence-electron chi connectivity index (χ2n) is 7.74. The summed E-state index contributed by atoms with van der Waals surface area (Å²) in [4.78, 5) is 16.9. The largest absolute Gasteiger partial charge is 0.391 e. The van der Waals surface area contributed by atoms with Gasteiger partial charge in [-0.3, -0.25) is 14.4 Å². The Morgan fingerprint density at radius 3 is 2.43 bits per heavy atom. The standard InChI is InChI=1S/C17H28N4O2/c1-17(2,3)21-12-13(11-18-21)16(23)20-9-7-19(8-10-20)14-5-4-6-15(14)22/h11-12,14-15,22H,4-10H2,1-3H3/t14-,15-/m0/s1. The first-order chi connectivity index (χ1) is 10.9. The quantitative estimate of drug-likeness (QED) is 0.892. The van der Waals surface area contributed by atoms with Crippen LogP contribution in [-0.4, -0.2) is 68.9 Å². The lowest BCUT2D eigenvalue weighted by atomic mass is 10.1. The predicted octanol–water partition coefficient (Wildman–Crippen LogP) is 1.31. The number of amides is 1. The van der Waals surface area contributed by atoms with Crippen molar-refractivity contribution >= 4 is 5.91 Å². The summed E-state index contributed by atoms with van der Waals surface area (Å²) in [5, 5.41) is 14.4. The third-order valence-corrected chi connectivity index (χ3v) is 5.03. The molecule has 6 heteroatoms. The molecule has 6 nitrogen and oxygen atoms in total. The molecule has 1 aromatic heterocycles. The molecule has 0 aromatic carbocycles. The maximum absolute atomic E-state index is 12.6. The van der Waals surface area contributed by atoms with Crippen LogP contribution in [0.1, 0.15) is 50.4 Å². The summed E-state index contributed by atoms with van der Waals surface area (Å²) in [6, 6.07) is 0.288. The van der Waals surface area contributed by atoms with Crippen molar-refractivity contribution in [1.29, 1.82) is 0 Å². The van der Waals surface area contributed by atoms with Crippen molar-refractivity contribution in [3.05, 3.63) is 18.0 Å². The first kappa shape index (κ1) is 16.5. The van der Waals surface area contributed by atoms with Crippen LogP contribution in [0.5, 0.6) is 0 Å². The monoisotopic (exact) mass is 320 g/mol. The number of aliphatic hydroxyl groups is 1. The van der Waals surface area contributed by atoms with Gasteiger partial charge in [-0.15, -0.1) is 0 Å². The molecule has 1 aromatic rings. The van der Waals surface area contributed by atoms with Crippen molar-refractivity contribution in [2.45, 2.75) is 57.7 Å². The van der Waals surface area contributed by atoms with Gasteiger partial charge in [-0.1, -0.05) is 0 Å². The van der Waals surface area contributed by atoms with Gasteiger partial charge in [0.15, 0.2) is 0 Å². The summed E-state index contributed by atoms with van der Waals surface area (Å²) in [6.45, 7) is 9.35. The molecule has 1 amide bonds. The normalized spacial score (nSPS) is 26.7. The Kier molecular flexibility index (Phi) is 4.47. The lowest BCUT2D eigenvalue weighted by molar-refractivity contribution is 0.0315. The first-order valence-corrected chi connectivity index (χ1v) is 8.63. The molecule has 1 N–H and O–H groups in total. The highest BCUT2D eigenvalue weighted by Gasteiger charge is 2.33. The van der Waals surface area contributed by atoms with Crippen molar-refractivity contribution in [2.24, 2.45) is 0 Å². The first-order valence-electron chi connectivity index (χ1n) is 8.63. The summed E-state index contributed by atoms with van der Waals surface area (Å²) in [5.74, 6) is 0.0621. The van der Waals surface area contributed by atoms with Gasteiger partial charge in [0.05, 0.1) is 23.4 Å². The summed E-state index contributed by atoms with van der Waals surface area (Å²) >= 11 is 0. The highest BCUT2D eigenvalue weighted by molar-refractivity contribution is 5.93. The highest BCUT2D eigenvalue weighted by atomic mass is 16.3. The van der Waals surface area contributed by atoms with Crippen LogP contribution in [0, 0.1) is 0 Å². The average molecular weight is 320 g/mol. The fourth-order valence-electron chi connectivity index (χ4n) is 3.59. The minimum atomic E-state index is -0.192. The zero-order valence-electron chi connectivity index (χ0n) is 14.4. The van der Waals surface area contributed by atoms with Gasteiger partial charge in [0.25, 0.3) is 5.91 Å². The molecule has 128 valence electrons. The van der Waals surface area contributed by atoms with Crippen molar-refractivity contribution < 1.29 is 9.90 Å². The molecule has 0 unspecified atom stereocenters. The van der Waals surface area contributed by atoms with Crippen molar-refractivity contribution in [3.8, 4) is 0 Å². The maximum Gasteiger partial charge on any atom is 0.257 e. The zero-order chi connectivity index (χ0) is 16.6. The summed E-state index contributed by atoms with van der Waals surface area (Å²) in [7, 11) is 0. The molecule has 2 fully saturated rings. The van der Waals surface area contributed by atoms with Gasteiger partial charge < -0.3 is 10.0 Å². The maximum atomic E-state index is 12.6. The Labute approximate surface area is 138 Å². The van der Waals surface area contributed by atoms with E-state index in [-0.39, 0.29) is 23.6 Å². The van der Waals surface area contributed by atoms with Gasteiger partial charge in [0.1, 0.15) is 0 Å². The van der Waals surface area contributed by atoms with E-state index in [2.05, 4.69) is 30.8 Å². The number of hydrogen-bond donors (Lipinski definition) is 1. The third kappa shape index (κ3) is 3.43. The van der Waals surface area contributed by atoms with Crippen LogP contribution in [0.15, 0.2) is 12.4 Å². The number of nitrogens with zero attached hydrogens (tertiary/aromatic N) is 4. The molecule has 1 aliphatic carbocycles. The van der Waals surface area contributed by atoms with Crippen molar-refractivity contribution in [3.63, 3.8) is 0 Å². The topological polar surface area (TPSA) is 61.6 Å². The van der Waals surface area contributed by atoms with Gasteiger partial charge in [-0.05, 0) is 40.0 Å². The molecule has 1 aliphatic heterocycles. The minimum Gasteiger partial charge on any atom is -0.391 e. The van der Waals surface area contributed by atoms with E-state index >= 15 is 0 Å². The number of rotatable bonds is 2. The molecule has 0 bridgehead atoms. The SMILES string of the molecule is CC(C)(C)n1cc(C(=O)N2CCN([C@H]3CCC[C@@H]3O)CC2)cn1. The molecule has 1 saturated carbocycles.